The van der Waals surface area contributed by atoms with Gasteiger partial charge >= 0.3 is 5.97 Å². The minimum Gasteiger partial charge on any atom is -0.476 e. The second kappa shape index (κ2) is 5.93. The van der Waals surface area contributed by atoms with E-state index in [4.69, 9.17) is 10.8 Å². The maximum absolute atomic E-state index is 12.6. The summed E-state index contributed by atoms with van der Waals surface area (Å²) in [4.78, 5) is 33.3. The number of thiazole rings is 1. The SMILES string of the molecule is N[C@@H]1C[C@@H](c2nc(C(=O)O)cs2)N(C(=O)c2cn(I)cn2)C1. The largest absolute Gasteiger partial charge is 0.476 e. The van der Waals surface area contributed by atoms with E-state index in [9.17, 15) is 9.59 Å². The zero-order chi connectivity index (χ0) is 15.9. The second-order valence-corrected chi connectivity index (χ2v) is 6.95. The first-order valence-corrected chi connectivity index (χ1v) is 8.25. The summed E-state index contributed by atoms with van der Waals surface area (Å²) in [5, 5.41) is 11.0. The second-order valence-electron chi connectivity index (χ2n) is 4.95. The number of likely N-dealkylation sites (tertiary alicyclic amines) is 1. The summed E-state index contributed by atoms with van der Waals surface area (Å²) in [6.07, 6.45) is 3.74. The molecule has 1 aliphatic rings. The molecular weight excluding hydrogens is 421 g/mol. The molecule has 3 rings (SSSR count). The normalized spacial score (nSPS) is 21.3. The van der Waals surface area contributed by atoms with Crippen LogP contribution in [0.1, 0.15) is 38.4 Å². The van der Waals surface area contributed by atoms with Crippen molar-refractivity contribution < 1.29 is 14.7 Å². The number of carbonyl (C=O) groups excluding carboxylic acids is 1. The van der Waals surface area contributed by atoms with Crippen LogP contribution in [0, 0.1) is 0 Å². The number of nitrogens with zero attached hydrogens (tertiary/aromatic N) is 4. The average Bonchev–Trinajstić information content (AvgIpc) is 3.16. The number of hydrogen-bond acceptors (Lipinski definition) is 6. The number of aromatic carboxylic acids is 1. The standard InChI is InChI=1S/C12H12IN5O3S/c13-17-3-7(15-5-17)11(19)18-2-6(14)1-9(18)10-16-8(4-22-10)12(20)21/h3-6,9H,1-2,14H2,(H,20,21)/t6-,9+/m1/s1. The molecule has 3 N–H and O–H groups in total. The van der Waals surface area contributed by atoms with Crippen LogP contribution in [0.4, 0.5) is 0 Å². The zero-order valence-electron chi connectivity index (χ0n) is 11.2. The molecule has 22 heavy (non-hydrogen) atoms. The molecule has 3 heterocycles. The predicted molar refractivity (Wildman–Crippen MR) is 87.1 cm³/mol. The number of carbonyl (C=O) groups is 2. The van der Waals surface area contributed by atoms with E-state index in [1.165, 1.54) is 16.7 Å². The minimum absolute atomic E-state index is 0.00981. The Morgan fingerprint density at radius 2 is 2.23 bits per heavy atom. The summed E-state index contributed by atoms with van der Waals surface area (Å²) in [5.41, 5.74) is 6.31. The van der Waals surface area contributed by atoms with E-state index in [1.807, 2.05) is 22.9 Å². The van der Waals surface area contributed by atoms with Crippen molar-refractivity contribution in [1.82, 2.24) is 17.6 Å². The lowest BCUT2D eigenvalue weighted by molar-refractivity contribution is 0.0691. The van der Waals surface area contributed by atoms with Gasteiger partial charge in [0, 0.05) is 24.2 Å². The fraction of sp³-hybridized carbons (Fsp3) is 0.333. The van der Waals surface area contributed by atoms with Crippen molar-refractivity contribution in [3.8, 4) is 0 Å². The highest BCUT2D eigenvalue weighted by Crippen LogP contribution is 2.34. The molecule has 1 amide bonds. The molecule has 10 heteroatoms. The van der Waals surface area contributed by atoms with Crippen molar-refractivity contribution in [3.63, 3.8) is 0 Å². The minimum atomic E-state index is -1.08. The quantitative estimate of drug-likeness (QED) is 0.703. The van der Waals surface area contributed by atoms with Crippen LogP contribution in [0.2, 0.25) is 0 Å². The maximum Gasteiger partial charge on any atom is 0.355 e. The van der Waals surface area contributed by atoms with Gasteiger partial charge in [-0.05, 0) is 6.42 Å². The van der Waals surface area contributed by atoms with Crippen molar-refractivity contribution in [1.29, 1.82) is 0 Å². The first-order valence-electron chi connectivity index (χ1n) is 6.41. The average molecular weight is 433 g/mol. The zero-order valence-corrected chi connectivity index (χ0v) is 14.2. The summed E-state index contributed by atoms with van der Waals surface area (Å²) in [6.45, 7) is 0.402. The van der Waals surface area contributed by atoms with Crippen LogP contribution in [0.25, 0.3) is 0 Å². The molecule has 0 aliphatic carbocycles. The van der Waals surface area contributed by atoms with Gasteiger partial charge in [0.1, 0.15) is 17.0 Å². The molecule has 2 aromatic heterocycles. The number of imidazole rings is 1. The van der Waals surface area contributed by atoms with Crippen molar-refractivity contribution in [3.05, 3.63) is 34.3 Å². The lowest BCUT2D eigenvalue weighted by Gasteiger charge is -2.21. The van der Waals surface area contributed by atoms with Gasteiger partial charge in [0.05, 0.1) is 28.9 Å². The number of carboxylic acids is 1. The highest BCUT2D eigenvalue weighted by molar-refractivity contribution is 14.1. The molecule has 1 saturated heterocycles. The Labute approximate surface area is 143 Å². The number of amides is 1. The van der Waals surface area contributed by atoms with E-state index < -0.39 is 5.97 Å². The number of nitrogens with two attached hydrogens (primary N) is 1. The summed E-state index contributed by atoms with van der Waals surface area (Å²) < 4.78 is 1.67. The predicted octanol–water partition coefficient (Wildman–Crippen LogP) is 1.15. The Hall–Kier alpha value is -1.53. The van der Waals surface area contributed by atoms with Gasteiger partial charge in [-0.2, -0.15) is 0 Å². The van der Waals surface area contributed by atoms with Crippen LogP contribution >= 0.6 is 34.2 Å². The Balaban J connectivity index is 1.88. The highest BCUT2D eigenvalue weighted by atomic mass is 127. The Kier molecular flexibility index (Phi) is 4.14. The van der Waals surface area contributed by atoms with Gasteiger partial charge in [0.2, 0.25) is 0 Å². The Morgan fingerprint density at radius 1 is 1.45 bits per heavy atom. The summed E-state index contributed by atoms with van der Waals surface area (Å²) >= 11 is 3.24. The van der Waals surface area contributed by atoms with E-state index in [0.29, 0.717) is 23.7 Å². The first kappa shape index (κ1) is 15.4. The maximum atomic E-state index is 12.6. The summed E-state index contributed by atoms with van der Waals surface area (Å²) in [7, 11) is 0. The van der Waals surface area contributed by atoms with E-state index in [-0.39, 0.29) is 23.7 Å². The Morgan fingerprint density at radius 3 is 2.82 bits per heavy atom. The first-order chi connectivity index (χ1) is 10.5. The van der Waals surface area contributed by atoms with Crippen LogP contribution in [0.15, 0.2) is 17.9 Å². The molecule has 0 saturated carbocycles. The molecule has 8 nitrogen and oxygen atoms in total. The van der Waals surface area contributed by atoms with Crippen LogP contribution < -0.4 is 5.73 Å². The molecule has 0 unspecified atom stereocenters. The van der Waals surface area contributed by atoms with Crippen LogP contribution in [-0.4, -0.2) is 47.2 Å². The van der Waals surface area contributed by atoms with Gasteiger partial charge in [0.25, 0.3) is 5.91 Å². The third-order valence-corrected chi connectivity index (χ3v) is 4.87. The molecule has 1 aliphatic heterocycles. The molecular formula is C12H12IN5O3S. The fourth-order valence-electron chi connectivity index (χ4n) is 2.42. The topological polar surface area (TPSA) is 114 Å². The van der Waals surface area contributed by atoms with E-state index in [2.05, 4.69) is 9.97 Å². The number of rotatable bonds is 3. The van der Waals surface area contributed by atoms with Crippen molar-refractivity contribution in [2.24, 2.45) is 5.73 Å². The smallest absolute Gasteiger partial charge is 0.355 e. The number of carboxylic acid groups (broad SMARTS) is 1. The van der Waals surface area contributed by atoms with Gasteiger partial charge in [-0.3, -0.25) is 7.58 Å². The number of halogens is 1. The fourth-order valence-corrected chi connectivity index (χ4v) is 3.73. The molecule has 2 aromatic rings. The summed E-state index contributed by atoms with van der Waals surface area (Å²) in [5.74, 6) is -1.30. The van der Waals surface area contributed by atoms with Gasteiger partial charge in [-0.25, -0.2) is 14.8 Å². The van der Waals surface area contributed by atoms with Crippen LogP contribution in [0.3, 0.4) is 0 Å². The highest BCUT2D eigenvalue weighted by Gasteiger charge is 2.37. The number of hydrogen-bond donors (Lipinski definition) is 2. The Bertz CT molecular complexity index is 730. The van der Waals surface area contributed by atoms with E-state index >= 15 is 0 Å². The monoisotopic (exact) mass is 433 g/mol. The molecule has 0 radical (unpaired) electrons. The van der Waals surface area contributed by atoms with E-state index in [1.54, 1.807) is 20.2 Å². The number of aromatic nitrogens is 3. The van der Waals surface area contributed by atoms with Crippen molar-refractivity contribution >= 4 is 46.1 Å². The van der Waals surface area contributed by atoms with E-state index in [0.717, 1.165) is 0 Å². The lowest BCUT2D eigenvalue weighted by atomic mass is 10.2. The third kappa shape index (κ3) is 2.85. The lowest BCUT2D eigenvalue weighted by Crippen LogP contribution is -2.33. The molecule has 116 valence electrons. The van der Waals surface area contributed by atoms with Gasteiger partial charge < -0.3 is 15.7 Å². The van der Waals surface area contributed by atoms with Crippen molar-refractivity contribution in [2.75, 3.05) is 6.54 Å². The molecule has 0 aromatic carbocycles. The van der Waals surface area contributed by atoms with Crippen molar-refractivity contribution in [2.45, 2.75) is 18.5 Å². The van der Waals surface area contributed by atoms with Crippen LogP contribution in [0.5, 0.6) is 0 Å². The summed E-state index contributed by atoms with van der Waals surface area (Å²) in [6, 6.07) is -0.465. The third-order valence-electron chi connectivity index (χ3n) is 3.39. The molecule has 2 atom stereocenters. The molecule has 1 fully saturated rings. The van der Waals surface area contributed by atoms with Gasteiger partial charge in [-0.1, -0.05) is 0 Å². The van der Waals surface area contributed by atoms with Crippen LogP contribution in [-0.2, 0) is 0 Å². The van der Waals surface area contributed by atoms with Gasteiger partial charge in [-0.15, -0.1) is 11.3 Å². The molecule has 0 bridgehead atoms. The molecule has 0 spiro atoms. The van der Waals surface area contributed by atoms with Gasteiger partial charge in [0.15, 0.2) is 5.69 Å².